The summed E-state index contributed by atoms with van der Waals surface area (Å²) in [6.45, 7) is 0. The summed E-state index contributed by atoms with van der Waals surface area (Å²) in [5, 5.41) is 4.26. The van der Waals surface area contributed by atoms with Gasteiger partial charge in [-0.2, -0.15) is 0 Å². The lowest BCUT2D eigenvalue weighted by Gasteiger charge is -2.06. The second-order valence-electron chi connectivity index (χ2n) is 3.60. The minimum absolute atomic E-state index is 0.205. The molecule has 0 atom stereocenters. The fraction of sp³-hybridized carbons (Fsp3) is 0. The van der Waals surface area contributed by atoms with Crippen LogP contribution in [0.3, 0.4) is 0 Å². The largest absolute Gasteiger partial charge is 0.224 e. The van der Waals surface area contributed by atoms with Crippen molar-refractivity contribution in [3.05, 3.63) is 45.0 Å². The highest BCUT2D eigenvalue weighted by atomic mass is 35.5. The summed E-state index contributed by atoms with van der Waals surface area (Å²) < 4.78 is 0. The highest BCUT2D eigenvalue weighted by Gasteiger charge is 2.13. The number of rotatable bonds is 1. The van der Waals surface area contributed by atoms with Crippen LogP contribution in [0.25, 0.3) is 21.5 Å². The van der Waals surface area contributed by atoms with Crippen molar-refractivity contribution < 1.29 is 0 Å². The van der Waals surface area contributed by atoms with E-state index in [9.17, 15) is 0 Å². The number of benzene rings is 1. The second kappa shape index (κ2) is 4.67. The smallest absolute Gasteiger partial charge is 0.217 e. The van der Waals surface area contributed by atoms with Crippen LogP contribution >= 0.6 is 46.1 Å². The molecule has 0 radical (unpaired) electrons. The average molecular weight is 316 g/mol. The highest BCUT2D eigenvalue weighted by molar-refractivity contribution is 7.16. The molecule has 2 aromatic heterocycles. The fourth-order valence-electron chi connectivity index (χ4n) is 1.71. The van der Waals surface area contributed by atoms with E-state index in [-0.39, 0.29) is 5.28 Å². The van der Waals surface area contributed by atoms with Crippen LogP contribution in [0, 0.1) is 0 Å². The van der Waals surface area contributed by atoms with Crippen LogP contribution in [-0.4, -0.2) is 9.97 Å². The van der Waals surface area contributed by atoms with Gasteiger partial charge in [-0.25, -0.2) is 9.97 Å². The third-order valence-corrected chi connectivity index (χ3v) is 4.02. The first-order chi connectivity index (χ1) is 8.65. The predicted octanol–water partition coefficient (Wildman–Crippen LogP) is 5.32. The van der Waals surface area contributed by atoms with Gasteiger partial charge in [-0.15, -0.1) is 11.3 Å². The highest BCUT2D eigenvalue weighted by Crippen LogP contribution is 2.35. The molecule has 0 saturated heterocycles. The van der Waals surface area contributed by atoms with Gasteiger partial charge in [0.1, 0.15) is 4.83 Å². The zero-order valence-electron chi connectivity index (χ0n) is 8.82. The molecule has 0 aliphatic heterocycles. The molecule has 90 valence electrons. The fourth-order valence-corrected chi connectivity index (χ4v) is 3.08. The SMILES string of the molecule is Clc1ccc(Cl)c(-c2nc(Cl)nc3sccc23)c1. The van der Waals surface area contributed by atoms with Crippen molar-refractivity contribution in [3.8, 4) is 11.3 Å². The van der Waals surface area contributed by atoms with E-state index in [4.69, 9.17) is 34.8 Å². The maximum Gasteiger partial charge on any atom is 0.224 e. The lowest BCUT2D eigenvalue weighted by molar-refractivity contribution is 1.24. The van der Waals surface area contributed by atoms with Crippen LogP contribution in [-0.2, 0) is 0 Å². The molecule has 3 rings (SSSR count). The van der Waals surface area contributed by atoms with Crippen LogP contribution in [0.4, 0.5) is 0 Å². The molecule has 0 saturated carbocycles. The molecule has 2 heterocycles. The molecule has 0 spiro atoms. The zero-order valence-corrected chi connectivity index (χ0v) is 11.9. The summed E-state index contributed by atoms with van der Waals surface area (Å²) in [5.41, 5.74) is 1.47. The van der Waals surface area contributed by atoms with E-state index < -0.39 is 0 Å². The summed E-state index contributed by atoms with van der Waals surface area (Å²) in [6.07, 6.45) is 0. The molecule has 0 aliphatic carbocycles. The number of thiophene rings is 1. The summed E-state index contributed by atoms with van der Waals surface area (Å²) >= 11 is 19.6. The topological polar surface area (TPSA) is 25.8 Å². The van der Waals surface area contributed by atoms with E-state index >= 15 is 0 Å². The Morgan fingerprint density at radius 1 is 1.00 bits per heavy atom. The van der Waals surface area contributed by atoms with Gasteiger partial charge in [0.05, 0.1) is 10.7 Å². The Kier molecular flexibility index (Phi) is 3.16. The number of hydrogen-bond acceptors (Lipinski definition) is 3. The van der Waals surface area contributed by atoms with Gasteiger partial charge in [0, 0.05) is 16.0 Å². The second-order valence-corrected chi connectivity index (χ2v) is 5.68. The monoisotopic (exact) mass is 314 g/mol. The van der Waals surface area contributed by atoms with Crippen molar-refractivity contribution in [2.45, 2.75) is 0 Å². The summed E-state index contributed by atoms with van der Waals surface area (Å²) in [4.78, 5) is 9.27. The molecule has 0 bridgehead atoms. The summed E-state index contributed by atoms with van der Waals surface area (Å²) in [6, 6.07) is 7.21. The third kappa shape index (κ3) is 2.08. The predicted molar refractivity (Wildman–Crippen MR) is 77.9 cm³/mol. The van der Waals surface area contributed by atoms with Gasteiger partial charge in [0.15, 0.2) is 0 Å². The number of nitrogens with zero attached hydrogens (tertiary/aromatic N) is 2. The zero-order chi connectivity index (χ0) is 12.7. The van der Waals surface area contributed by atoms with Crippen LogP contribution in [0.2, 0.25) is 15.3 Å². The van der Waals surface area contributed by atoms with E-state index in [1.165, 1.54) is 11.3 Å². The van der Waals surface area contributed by atoms with Gasteiger partial charge >= 0.3 is 0 Å². The number of fused-ring (bicyclic) bond motifs is 1. The molecule has 1 aromatic carbocycles. The molecular formula is C12H5Cl3N2S. The van der Waals surface area contributed by atoms with Crippen LogP contribution in [0.1, 0.15) is 0 Å². The van der Waals surface area contributed by atoms with Crippen molar-refractivity contribution in [2.24, 2.45) is 0 Å². The lowest BCUT2D eigenvalue weighted by Crippen LogP contribution is -1.89. The first-order valence-electron chi connectivity index (χ1n) is 5.01. The van der Waals surface area contributed by atoms with Gasteiger partial charge in [0.25, 0.3) is 0 Å². The number of halogens is 3. The van der Waals surface area contributed by atoms with E-state index in [2.05, 4.69) is 9.97 Å². The quantitative estimate of drug-likeness (QED) is 0.568. The number of aromatic nitrogens is 2. The van der Waals surface area contributed by atoms with Gasteiger partial charge < -0.3 is 0 Å². The maximum absolute atomic E-state index is 6.19. The van der Waals surface area contributed by atoms with Crippen molar-refractivity contribution >= 4 is 56.4 Å². The Bertz CT molecular complexity index is 739. The molecule has 0 fully saturated rings. The third-order valence-electron chi connectivity index (χ3n) is 2.48. The molecule has 18 heavy (non-hydrogen) atoms. The van der Waals surface area contributed by atoms with Gasteiger partial charge in [-0.3, -0.25) is 0 Å². The minimum Gasteiger partial charge on any atom is -0.217 e. The maximum atomic E-state index is 6.19. The van der Waals surface area contributed by atoms with E-state index in [1.807, 2.05) is 11.4 Å². The Hall–Kier alpha value is -0.870. The summed E-state index contributed by atoms with van der Waals surface area (Å²) in [7, 11) is 0. The van der Waals surface area contributed by atoms with E-state index in [0.29, 0.717) is 15.7 Å². The standard InChI is InChI=1S/C12H5Cl3N2S/c13-6-1-2-9(14)8(5-6)10-7-3-4-18-11(7)17-12(15)16-10/h1-5H. The Morgan fingerprint density at radius 2 is 1.83 bits per heavy atom. The minimum atomic E-state index is 0.205. The average Bonchev–Trinajstić information content (AvgIpc) is 2.79. The lowest BCUT2D eigenvalue weighted by atomic mass is 10.1. The van der Waals surface area contributed by atoms with Gasteiger partial charge in [-0.1, -0.05) is 23.2 Å². The molecule has 0 unspecified atom stereocenters. The Morgan fingerprint density at radius 3 is 2.67 bits per heavy atom. The van der Waals surface area contributed by atoms with Gasteiger partial charge in [0.2, 0.25) is 5.28 Å². The molecule has 6 heteroatoms. The number of hydrogen-bond donors (Lipinski definition) is 0. The molecule has 2 nitrogen and oxygen atoms in total. The van der Waals surface area contributed by atoms with E-state index in [1.54, 1.807) is 18.2 Å². The first-order valence-corrected chi connectivity index (χ1v) is 7.02. The molecule has 0 N–H and O–H groups in total. The first kappa shape index (κ1) is 12.2. The van der Waals surface area contributed by atoms with E-state index in [0.717, 1.165) is 15.8 Å². The van der Waals surface area contributed by atoms with Crippen molar-refractivity contribution in [2.75, 3.05) is 0 Å². The molecule has 0 amide bonds. The van der Waals surface area contributed by atoms with Crippen molar-refractivity contribution in [1.82, 2.24) is 9.97 Å². The molecule has 3 aromatic rings. The van der Waals surface area contributed by atoms with Crippen LogP contribution in [0.5, 0.6) is 0 Å². The Balaban J connectivity index is 2.37. The van der Waals surface area contributed by atoms with Gasteiger partial charge in [-0.05, 0) is 41.2 Å². The molecular weight excluding hydrogens is 311 g/mol. The van der Waals surface area contributed by atoms with Crippen molar-refractivity contribution in [3.63, 3.8) is 0 Å². The Labute approximate surface area is 122 Å². The van der Waals surface area contributed by atoms with Crippen molar-refractivity contribution in [1.29, 1.82) is 0 Å². The molecule has 0 aliphatic rings. The normalized spacial score (nSPS) is 11.1. The van der Waals surface area contributed by atoms with Crippen LogP contribution in [0.15, 0.2) is 29.6 Å². The van der Waals surface area contributed by atoms with Crippen LogP contribution < -0.4 is 0 Å². The summed E-state index contributed by atoms with van der Waals surface area (Å²) in [5.74, 6) is 0.